The van der Waals surface area contributed by atoms with Crippen molar-refractivity contribution in [2.75, 3.05) is 6.54 Å². The lowest BCUT2D eigenvalue weighted by atomic mass is 9.94. The number of unbranched alkanes of at least 4 members (excludes halogenated alkanes) is 1. The zero-order valence-corrected chi connectivity index (χ0v) is 10.6. The van der Waals surface area contributed by atoms with Gasteiger partial charge in [0.2, 0.25) is 5.91 Å². The monoisotopic (exact) mass is 242 g/mol. The highest BCUT2D eigenvalue weighted by Crippen LogP contribution is 2.22. The summed E-state index contributed by atoms with van der Waals surface area (Å²) in [5.41, 5.74) is 5.62. The minimum absolute atomic E-state index is 0.0262. The smallest absolute Gasteiger partial charge is 0.326 e. The molecule has 0 saturated carbocycles. The number of rotatable bonds is 6. The van der Waals surface area contributed by atoms with Crippen LogP contribution in [0.15, 0.2) is 0 Å². The number of amides is 1. The second kappa shape index (κ2) is 6.00. The molecule has 0 aromatic heterocycles. The molecule has 98 valence electrons. The van der Waals surface area contributed by atoms with Crippen LogP contribution in [0.3, 0.4) is 0 Å². The maximum atomic E-state index is 11.8. The van der Waals surface area contributed by atoms with E-state index in [9.17, 15) is 14.7 Å². The lowest BCUT2D eigenvalue weighted by molar-refractivity contribution is -0.150. The molecule has 1 aliphatic heterocycles. The molecule has 0 bridgehead atoms. The fourth-order valence-corrected chi connectivity index (χ4v) is 2.37. The van der Waals surface area contributed by atoms with Crippen molar-refractivity contribution in [3.8, 4) is 0 Å². The Morgan fingerprint density at radius 1 is 1.65 bits per heavy atom. The molecule has 17 heavy (non-hydrogen) atoms. The first-order chi connectivity index (χ1) is 7.99. The fraction of sp³-hybridized carbons (Fsp3) is 0.833. The van der Waals surface area contributed by atoms with Crippen LogP contribution in [-0.2, 0) is 9.59 Å². The largest absolute Gasteiger partial charge is 0.480 e. The van der Waals surface area contributed by atoms with Gasteiger partial charge in [-0.25, -0.2) is 4.79 Å². The van der Waals surface area contributed by atoms with Crippen LogP contribution in [0, 0.1) is 5.92 Å². The summed E-state index contributed by atoms with van der Waals surface area (Å²) in [4.78, 5) is 24.5. The average molecular weight is 242 g/mol. The molecular weight excluding hydrogens is 220 g/mol. The predicted octanol–water partition coefficient (Wildman–Crippen LogP) is 0.826. The molecule has 1 saturated heterocycles. The molecule has 5 heteroatoms. The summed E-state index contributed by atoms with van der Waals surface area (Å²) in [5, 5.41) is 9.27. The lowest BCUT2D eigenvalue weighted by Gasteiger charge is -2.29. The number of carboxylic acid groups (broad SMARTS) is 1. The standard InChI is InChI=1S/C12H22N2O3/c1-3-4-5-8(2)10(12(16)17)14-7-6-9(13)11(14)15/h8-10H,3-7,13H2,1-2H3,(H,16,17)/t8-,9+,10-/m0/s1. The second-order valence-corrected chi connectivity index (χ2v) is 4.83. The Kier molecular flexibility index (Phi) is 4.93. The summed E-state index contributed by atoms with van der Waals surface area (Å²) in [7, 11) is 0. The van der Waals surface area contributed by atoms with Gasteiger partial charge in [-0.3, -0.25) is 4.79 Å². The Morgan fingerprint density at radius 3 is 2.71 bits per heavy atom. The Bertz CT molecular complexity index is 293. The maximum Gasteiger partial charge on any atom is 0.326 e. The quantitative estimate of drug-likeness (QED) is 0.722. The first-order valence-electron chi connectivity index (χ1n) is 6.27. The van der Waals surface area contributed by atoms with Crippen molar-refractivity contribution in [1.29, 1.82) is 0 Å². The van der Waals surface area contributed by atoms with Crippen LogP contribution < -0.4 is 5.73 Å². The van der Waals surface area contributed by atoms with Gasteiger partial charge in [0.15, 0.2) is 0 Å². The van der Waals surface area contributed by atoms with Crippen LogP contribution in [0.4, 0.5) is 0 Å². The number of hydrogen-bond acceptors (Lipinski definition) is 3. The molecule has 0 aliphatic carbocycles. The van der Waals surface area contributed by atoms with Gasteiger partial charge < -0.3 is 15.7 Å². The average Bonchev–Trinajstić information content (AvgIpc) is 2.58. The van der Waals surface area contributed by atoms with Gasteiger partial charge in [0.05, 0.1) is 6.04 Å². The SMILES string of the molecule is CCCC[C@H](C)[C@@H](C(=O)O)N1CC[C@@H](N)C1=O. The number of nitrogens with zero attached hydrogens (tertiary/aromatic N) is 1. The maximum absolute atomic E-state index is 11.8. The third kappa shape index (κ3) is 3.19. The van der Waals surface area contributed by atoms with Crippen LogP contribution in [0.5, 0.6) is 0 Å². The third-order valence-electron chi connectivity index (χ3n) is 3.42. The van der Waals surface area contributed by atoms with E-state index in [2.05, 4.69) is 6.92 Å². The van der Waals surface area contributed by atoms with Gasteiger partial charge in [0.25, 0.3) is 0 Å². The molecule has 0 radical (unpaired) electrons. The van der Waals surface area contributed by atoms with Crippen LogP contribution in [-0.4, -0.2) is 40.5 Å². The van der Waals surface area contributed by atoms with Crippen molar-refractivity contribution in [3.05, 3.63) is 0 Å². The highest BCUT2D eigenvalue weighted by Gasteiger charge is 2.39. The van der Waals surface area contributed by atoms with E-state index in [1.165, 1.54) is 4.90 Å². The van der Waals surface area contributed by atoms with Crippen LogP contribution in [0.25, 0.3) is 0 Å². The molecule has 5 nitrogen and oxygen atoms in total. The molecule has 0 unspecified atom stereocenters. The predicted molar refractivity (Wildman–Crippen MR) is 64.4 cm³/mol. The molecule has 1 rings (SSSR count). The van der Waals surface area contributed by atoms with E-state index in [0.29, 0.717) is 13.0 Å². The minimum atomic E-state index is -0.920. The van der Waals surface area contributed by atoms with E-state index in [1.54, 1.807) is 0 Å². The highest BCUT2D eigenvalue weighted by molar-refractivity contribution is 5.88. The molecule has 3 atom stereocenters. The van der Waals surface area contributed by atoms with E-state index in [1.807, 2.05) is 6.92 Å². The van der Waals surface area contributed by atoms with Crippen molar-refractivity contribution < 1.29 is 14.7 Å². The minimum Gasteiger partial charge on any atom is -0.480 e. The third-order valence-corrected chi connectivity index (χ3v) is 3.42. The number of aliphatic carboxylic acids is 1. The first kappa shape index (κ1) is 14.0. The van der Waals surface area contributed by atoms with E-state index in [4.69, 9.17) is 5.73 Å². The van der Waals surface area contributed by atoms with Crippen molar-refractivity contribution in [3.63, 3.8) is 0 Å². The number of carboxylic acids is 1. The molecule has 3 N–H and O–H groups in total. The van der Waals surface area contributed by atoms with E-state index >= 15 is 0 Å². The van der Waals surface area contributed by atoms with Crippen molar-refractivity contribution in [2.24, 2.45) is 11.7 Å². The van der Waals surface area contributed by atoms with Crippen molar-refractivity contribution >= 4 is 11.9 Å². The summed E-state index contributed by atoms with van der Waals surface area (Å²) in [5.74, 6) is -1.17. The fourth-order valence-electron chi connectivity index (χ4n) is 2.37. The lowest BCUT2D eigenvalue weighted by Crippen LogP contribution is -2.48. The summed E-state index contributed by atoms with van der Waals surface area (Å²) in [6.45, 7) is 4.43. The normalized spacial score (nSPS) is 23.8. The zero-order valence-electron chi connectivity index (χ0n) is 10.6. The topological polar surface area (TPSA) is 83.6 Å². The van der Waals surface area contributed by atoms with Gasteiger partial charge in [-0.2, -0.15) is 0 Å². The van der Waals surface area contributed by atoms with Crippen LogP contribution in [0.2, 0.25) is 0 Å². The number of likely N-dealkylation sites (tertiary alicyclic amines) is 1. The van der Waals surface area contributed by atoms with Crippen molar-refractivity contribution in [2.45, 2.75) is 51.6 Å². The van der Waals surface area contributed by atoms with Gasteiger partial charge in [0, 0.05) is 6.54 Å². The van der Waals surface area contributed by atoms with Gasteiger partial charge in [-0.1, -0.05) is 26.7 Å². The number of hydrogen-bond donors (Lipinski definition) is 2. The van der Waals surface area contributed by atoms with E-state index in [-0.39, 0.29) is 11.8 Å². The van der Waals surface area contributed by atoms with Gasteiger partial charge >= 0.3 is 5.97 Å². The molecule has 0 spiro atoms. The summed E-state index contributed by atoms with van der Waals surface area (Å²) in [6, 6.07) is -1.24. The molecule has 0 aromatic carbocycles. The van der Waals surface area contributed by atoms with Crippen LogP contribution in [0.1, 0.15) is 39.5 Å². The number of nitrogens with two attached hydrogens (primary N) is 1. The summed E-state index contributed by atoms with van der Waals surface area (Å²) >= 11 is 0. The number of carbonyl (C=O) groups excluding carboxylic acids is 1. The molecule has 1 aliphatic rings. The van der Waals surface area contributed by atoms with Crippen molar-refractivity contribution in [1.82, 2.24) is 4.90 Å². The molecule has 1 amide bonds. The molecule has 1 heterocycles. The second-order valence-electron chi connectivity index (χ2n) is 4.83. The van der Waals surface area contributed by atoms with Gasteiger partial charge in [-0.05, 0) is 18.8 Å². The molecular formula is C12H22N2O3. The summed E-state index contributed by atoms with van der Waals surface area (Å²) in [6.07, 6.45) is 3.40. The van der Waals surface area contributed by atoms with Crippen LogP contribution >= 0.6 is 0 Å². The Morgan fingerprint density at radius 2 is 2.29 bits per heavy atom. The Balaban J connectivity index is 2.72. The zero-order chi connectivity index (χ0) is 13.0. The van der Waals surface area contributed by atoms with Gasteiger partial charge in [0.1, 0.15) is 6.04 Å². The van der Waals surface area contributed by atoms with E-state index in [0.717, 1.165) is 19.3 Å². The Hall–Kier alpha value is -1.10. The highest BCUT2D eigenvalue weighted by atomic mass is 16.4. The first-order valence-corrected chi connectivity index (χ1v) is 6.27. The van der Waals surface area contributed by atoms with E-state index < -0.39 is 18.1 Å². The summed E-state index contributed by atoms with van der Waals surface area (Å²) < 4.78 is 0. The van der Waals surface area contributed by atoms with Gasteiger partial charge in [-0.15, -0.1) is 0 Å². The Labute approximate surface area is 102 Å². The molecule has 1 fully saturated rings. The number of carbonyl (C=O) groups is 2. The molecule has 0 aromatic rings.